The highest BCUT2D eigenvalue weighted by Gasteiger charge is 2.22. The van der Waals surface area contributed by atoms with E-state index in [-0.39, 0.29) is 11.8 Å². The van der Waals surface area contributed by atoms with Crippen molar-refractivity contribution in [2.45, 2.75) is 26.2 Å². The molecular formula is C20H21N5O. The molecule has 0 fully saturated rings. The summed E-state index contributed by atoms with van der Waals surface area (Å²) < 4.78 is 1.70. The summed E-state index contributed by atoms with van der Waals surface area (Å²) in [6.07, 6.45) is 4.45. The van der Waals surface area contributed by atoms with E-state index < -0.39 is 0 Å². The fraction of sp³-hybridized carbons (Fsp3) is 0.300. The molecule has 0 atom stereocenters. The van der Waals surface area contributed by atoms with Gasteiger partial charge in [-0.2, -0.15) is 10.1 Å². The van der Waals surface area contributed by atoms with Crippen LogP contribution in [0, 0.1) is 0 Å². The number of fused-ring (bicyclic) bond motifs is 1. The lowest BCUT2D eigenvalue weighted by molar-refractivity contribution is 0.0767. The molecule has 0 bridgehead atoms. The Labute approximate surface area is 152 Å². The first-order valence-electron chi connectivity index (χ1n) is 8.88. The molecule has 1 aromatic carbocycles. The van der Waals surface area contributed by atoms with Crippen LogP contribution in [0.1, 0.15) is 47.9 Å². The Hall–Kier alpha value is -3.02. The Balaban J connectivity index is 1.59. The molecule has 1 aliphatic rings. The molecule has 0 spiro atoms. The van der Waals surface area contributed by atoms with E-state index in [2.05, 4.69) is 47.1 Å². The monoisotopic (exact) mass is 347 g/mol. The van der Waals surface area contributed by atoms with Gasteiger partial charge in [0.15, 0.2) is 0 Å². The van der Waals surface area contributed by atoms with Crippen LogP contribution in [0.25, 0.3) is 11.4 Å². The summed E-state index contributed by atoms with van der Waals surface area (Å²) in [7, 11) is 0. The molecule has 0 unspecified atom stereocenters. The normalized spacial score (nSPS) is 14.7. The summed E-state index contributed by atoms with van der Waals surface area (Å²) in [6.45, 7) is 5.43. The van der Waals surface area contributed by atoms with E-state index >= 15 is 0 Å². The van der Waals surface area contributed by atoms with Crippen LogP contribution in [0.3, 0.4) is 0 Å². The quantitative estimate of drug-likeness (QED) is 0.730. The van der Waals surface area contributed by atoms with Crippen molar-refractivity contribution in [2.24, 2.45) is 0 Å². The molecule has 0 N–H and O–H groups in total. The average Bonchev–Trinajstić information content (AvgIpc) is 3.16. The predicted octanol–water partition coefficient (Wildman–Crippen LogP) is 3.18. The molecule has 3 aromatic rings. The Bertz CT molecular complexity index is 974. The number of carbonyl (C=O) groups is 1. The number of benzene rings is 1. The molecular weight excluding hydrogens is 326 g/mol. The zero-order valence-electron chi connectivity index (χ0n) is 15.0. The number of aromatic nitrogens is 4. The first kappa shape index (κ1) is 16.4. The minimum atomic E-state index is -0.0549. The number of amides is 1. The molecule has 132 valence electrons. The first-order valence-corrected chi connectivity index (χ1v) is 8.88. The van der Waals surface area contributed by atoms with Crippen LogP contribution in [-0.4, -0.2) is 43.5 Å². The molecule has 2 aromatic heterocycles. The van der Waals surface area contributed by atoms with Crippen molar-refractivity contribution in [1.29, 1.82) is 0 Å². The Morgan fingerprint density at radius 1 is 1.19 bits per heavy atom. The van der Waals surface area contributed by atoms with E-state index in [1.165, 1.54) is 17.5 Å². The van der Waals surface area contributed by atoms with Gasteiger partial charge in [0.25, 0.3) is 11.7 Å². The van der Waals surface area contributed by atoms with Crippen LogP contribution in [0.15, 0.2) is 48.8 Å². The minimum absolute atomic E-state index is 0.0549. The third-order valence-electron chi connectivity index (χ3n) is 4.73. The average molecular weight is 347 g/mol. The lowest BCUT2D eigenvalue weighted by Crippen LogP contribution is -2.35. The van der Waals surface area contributed by atoms with Gasteiger partial charge in [0, 0.05) is 13.1 Å². The molecule has 4 rings (SSSR count). The highest BCUT2D eigenvalue weighted by atomic mass is 16.2. The molecule has 1 aliphatic heterocycles. The third kappa shape index (κ3) is 2.98. The maximum atomic E-state index is 13.0. The zero-order valence-corrected chi connectivity index (χ0v) is 15.0. The van der Waals surface area contributed by atoms with Crippen molar-refractivity contribution in [3.05, 3.63) is 65.8 Å². The Kier molecular flexibility index (Phi) is 4.24. The van der Waals surface area contributed by atoms with Crippen molar-refractivity contribution in [3.8, 4) is 0 Å². The molecule has 6 nitrogen and oxygen atoms in total. The number of rotatable bonds is 3. The van der Waals surface area contributed by atoms with Gasteiger partial charge in [0.1, 0.15) is 12.0 Å². The molecule has 0 aliphatic carbocycles. The lowest BCUT2D eigenvalue weighted by Gasteiger charge is -2.26. The summed E-state index contributed by atoms with van der Waals surface area (Å²) in [6, 6.07) is 12.2. The van der Waals surface area contributed by atoms with E-state index in [9.17, 15) is 4.79 Å². The van der Waals surface area contributed by atoms with E-state index in [0.717, 1.165) is 12.1 Å². The fourth-order valence-electron chi connectivity index (χ4n) is 3.29. The van der Waals surface area contributed by atoms with Crippen LogP contribution < -0.4 is 0 Å². The lowest BCUT2D eigenvalue weighted by atomic mass is 9.99. The number of carbonyl (C=O) groups excluding carboxylic acids is 1. The van der Waals surface area contributed by atoms with Crippen LogP contribution in [0.4, 0.5) is 0 Å². The summed E-state index contributed by atoms with van der Waals surface area (Å²) >= 11 is 0. The first-order chi connectivity index (χ1) is 12.6. The highest BCUT2D eigenvalue weighted by molar-refractivity contribution is 5.93. The third-order valence-corrected chi connectivity index (χ3v) is 4.73. The minimum Gasteiger partial charge on any atom is -0.333 e. The van der Waals surface area contributed by atoms with Crippen LogP contribution in [0.2, 0.25) is 0 Å². The van der Waals surface area contributed by atoms with E-state index in [1.807, 2.05) is 29.2 Å². The van der Waals surface area contributed by atoms with Gasteiger partial charge in [-0.25, -0.2) is 9.50 Å². The van der Waals surface area contributed by atoms with Gasteiger partial charge in [-0.1, -0.05) is 50.3 Å². The summed E-state index contributed by atoms with van der Waals surface area (Å²) in [5.74, 6) is 0.637. The molecule has 0 saturated carbocycles. The van der Waals surface area contributed by atoms with Crippen LogP contribution in [-0.2, 0) is 0 Å². The predicted molar refractivity (Wildman–Crippen MR) is 99.8 cm³/mol. The van der Waals surface area contributed by atoms with E-state index in [1.54, 1.807) is 4.52 Å². The van der Waals surface area contributed by atoms with Crippen molar-refractivity contribution < 1.29 is 4.79 Å². The smallest absolute Gasteiger partial charge is 0.272 e. The summed E-state index contributed by atoms with van der Waals surface area (Å²) in [5, 5.41) is 4.21. The van der Waals surface area contributed by atoms with Crippen molar-refractivity contribution in [1.82, 2.24) is 24.5 Å². The molecule has 1 amide bonds. The van der Waals surface area contributed by atoms with Crippen molar-refractivity contribution >= 4 is 17.3 Å². The highest BCUT2D eigenvalue weighted by Crippen LogP contribution is 2.23. The van der Waals surface area contributed by atoms with Gasteiger partial charge in [0.05, 0.1) is 5.69 Å². The number of hydrogen-bond acceptors (Lipinski definition) is 4. The zero-order chi connectivity index (χ0) is 18.1. The number of nitrogens with zero attached hydrogens (tertiary/aromatic N) is 5. The van der Waals surface area contributed by atoms with Crippen molar-refractivity contribution in [3.63, 3.8) is 0 Å². The van der Waals surface area contributed by atoms with Gasteiger partial charge in [-0.3, -0.25) is 4.79 Å². The van der Waals surface area contributed by atoms with E-state index in [4.69, 9.17) is 0 Å². The number of hydrogen-bond donors (Lipinski definition) is 0. The Morgan fingerprint density at radius 3 is 2.69 bits per heavy atom. The van der Waals surface area contributed by atoms with Gasteiger partial charge >= 0.3 is 0 Å². The second kappa shape index (κ2) is 6.71. The SMILES string of the molecule is CC(C)c1cc(C(=O)N2CC=C(c3ccccc3)CC2)nc2ncnn12. The second-order valence-corrected chi connectivity index (χ2v) is 6.79. The standard InChI is InChI=1S/C20H21N5O/c1-14(2)18-12-17(23-20-21-13-22-25(18)20)19(26)24-10-8-16(9-11-24)15-6-4-3-5-7-15/h3-8,12-14H,9-11H2,1-2H3. The topological polar surface area (TPSA) is 63.4 Å². The van der Waals surface area contributed by atoms with E-state index in [0.29, 0.717) is 24.6 Å². The molecule has 0 radical (unpaired) electrons. The van der Waals surface area contributed by atoms with Gasteiger partial charge < -0.3 is 4.90 Å². The van der Waals surface area contributed by atoms with Crippen LogP contribution in [0.5, 0.6) is 0 Å². The Morgan fingerprint density at radius 2 is 2.00 bits per heavy atom. The van der Waals surface area contributed by atoms with Gasteiger partial charge in [0.2, 0.25) is 0 Å². The molecule has 6 heteroatoms. The van der Waals surface area contributed by atoms with Crippen LogP contribution >= 0.6 is 0 Å². The molecule has 3 heterocycles. The fourth-order valence-corrected chi connectivity index (χ4v) is 3.29. The largest absolute Gasteiger partial charge is 0.333 e. The summed E-state index contributed by atoms with van der Waals surface area (Å²) in [5.41, 5.74) is 3.89. The second-order valence-electron chi connectivity index (χ2n) is 6.79. The molecule has 26 heavy (non-hydrogen) atoms. The van der Waals surface area contributed by atoms with Gasteiger partial charge in [-0.05, 0) is 29.5 Å². The summed E-state index contributed by atoms with van der Waals surface area (Å²) in [4.78, 5) is 23.4. The maximum absolute atomic E-state index is 13.0. The van der Waals surface area contributed by atoms with Crippen molar-refractivity contribution in [2.75, 3.05) is 13.1 Å². The van der Waals surface area contributed by atoms with Gasteiger partial charge in [-0.15, -0.1) is 0 Å². The molecule has 0 saturated heterocycles. The maximum Gasteiger partial charge on any atom is 0.272 e.